The molecule has 0 spiro atoms. The van der Waals surface area contributed by atoms with Crippen molar-refractivity contribution in [1.82, 2.24) is 25.3 Å². The standard InChI is InChI=1S/C21H34N6/c1-7-27(8-2)15-19-11-9-18(10-12-19)13-23-21(22-5)24-14-20-16(3)25-26(6)17(20)4/h9-12H,7-8,13-15H2,1-6H3,(H2,22,23,24). The van der Waals surface area contributed by atoms with Gasteiger partial charge in [0.25, 0.3) is 0 Å². The van der Waals surface area contributed by atoms with Crippen LogP contribution in [0.15, 0.2) is 29.3 Å². The van der Waals surface area contributed by atoms with Crippen LogP contribution in [-0.4, -0.2) is 40.8 Å². The minimum atomic E-state index is 0.716. The Bertz CT molecular complexity index is 741. The van der Waals surface area contributed by atoms with E-state index in [2.05, 4.69) is 70.7 Å². The molecule has 27 heavy (non-hydrogen) atoms. The lowest BCUT2D eigenvalue weighted by molar-refractivity contribution is 0.296. The third kappa shape index (κ3) is 5.82. The number of benzene rings is 1. The predicted octanol–water partition coefficient (Wildman–Crippen LogP) is 2.74. The fourth-order valence-electron chi connectivity index (χ4n) is 3.12. The topological polar surface area (TPSA) is 57.5 Å². The Labute approximate surface area is 163 Å². The van der Waals surface area contributed by atoms with Gasteiger partial charge in [-0.25, -0.2) is 0 Å². The van der Waals surface area contributed by atoms with Gasteiger partial charge < -0.3 is 10.6 Å². The maximum absolute atomic E-state index is 4.46. The van der Waals surface area contributed by atoms with E-state index in [1.54, 1.807) is 7.05 Å². The smallest absolute Gasteiger partial charge is 0.191 e. The summed E-state index contributed by atoms with van der Waals surface area (Å²) < 4.78 is 1.92. The van der Waals surface area contributed by atoms with Crippen molar-refractivity contribution in [1.29, 1.82) is 0 Å². The van der Waals surface area contributed by atoms with Crippen molar-refractivity contribution in [2.24, 2.45) is 12.0 Å². The summed E-state index contributed by atoms with van der Waals surface area (Å²) >= 11 is 0. The van der Waals surface area contributed by atoms with Crippen LogP contribution in [0.3, 0.4) is 0 Å². The lowest BCUT2D eigenvalue weighted by atomic mass is 10.1. The molecule has 6 nitrogen and oxygen atoms in total. The van der Waals surface area contributed by atoms with Crippen molar-refractivity contribution in [3.8, 4) is 0 Å². The number of aliphatic imine (C=N–C) groups is 1. The van der Waals surface area contributed by atoms with Crippen LogP contribution >= 0.6 is 0 Å². The lowest BCUT2D eigenvalue weighted by Crippen LogP contribution is -2.36. The predicted molar refractivity (Wildman–Crippen MR) is 113 cm³/mol. The zero-order valence-corrected chi connectivity index (χ0v) is 17.6. The number of nitrogens with one attached hydrogen (secondary N) is 2. The molecule has 1 heterocycles. The summed E-state index contributed by atoms with van der Waals surface area (Å²) in [7, 11) is 3.77. The van der Waals surface area contributed by atoms with Gasteiger partial charge in [0.15, 0.2) is 5.96 Å². The molecule has 2 N–H and O–H groups in total. The monoisotopic (exact) mass is 370 g/mol. The number of hydrogen-bond acceptors (Lipinski definition) is 3. The fourth-order valence-corrected chi connectivity index (χ4v) is 3.12. The molecule has 1 aromatic carbocycles. The summed E-state index contributed by atoms with van der Waals surface area (Å²) in [4.78, 5) is 6.74. The molecule has 0 aliphatic rings. The SMILES string of the molecule is CCN(CC)Cc1ccc(CNC(=NC)NCc2c(C)nn(C)c2C)cc1. The van der Waals surface area contributed by atoms with Gasteiger partial charge in [0.2, 0.25) is 0 Å². The Kier molecular flexibility index (Phi) is 7.85. The van der Waals surface area contributed by atoms with Crippen molar-refractivity contribution < 1.29 is 0 Å². The number of guanidine groups is 1. The second-order valence-electron chi connectivity index (χ2n) is 6.83. The summed E-state index contributed by atoms with van der Waals surface area (Å²) in [5, 5.41) is 11.2. The summed E-state index contributed by atoms with van der Waals surface area (Å²) in [6.45, 7) is 13.2. The van der Waals surface area contributed by atoms with E-state index in [0.29, 0.717) is 6.54 Å². The van der Waals surface area contributed by atoms with Crippen LogP contribution in [0.2, 0.25) is 0 Å². The van der Waals surface area contributed by atoms with Crippen molar-refractivity contribution in [3.05, 3.63) is 52.3 Å². The highest BCUT2D eigenvalue weighted by atomic mass is 15.3. The molecule has 6 heteroatoms. The van der Waals surface area contributed by atoms with E-state index < -0.39 is 0 Å². The Balaban J connectivity index is 1.86. The Hall–Kier alpha value is -2.34. The van der Waals surface area contributed by atoms with Crippen LogP contribution in [0.5, 0.6) is 0 Å². The molecule has 0 bridgehead atoms. The largest absolute Gasteiger partial charge is 0.352 e. The third-order valence-electron chi connectivity index (χ3n) is 5.10. The fraction of sp³-hybridized carbons (Fsp3) is 0.524. The molecule has 0 radical (unpaired) electrons. The number of aryl methyl sites for hydroxylation is 2. The van der Waals surface area contributed by atoms with Crippen LogP contribution in [0, 0.1) is 13.8 Å². The van der Waals surface area contributed by atoms with Crippen molar-refractivity contribution in [3.63, 3.8) is 0 Å². The molecule has 148 valence electrons. The van der Waals surface area contributed by atoms with E-state index >= 15 is 0 Å². The van der Waals surface area contributed by atoms with Gasteiger partial charge in [0.05, 0.1) is 5.69 Å². The molecule has 1 aromatic heterocycles. The Morgan fingerprint density at radius 1 is 1.04 bits per heavy atom. The van der Waals surface area contributed by atoms with E-state index in [1.807, 2.05) is 18.7 Å². The number of rotatable bonds is 8. The molecule has 0 aliphatic carbocycles. The van der Waals surface area contributed by atoms with Crippen molar-refractivity contribution in [2.45, 2.75) is 47.3 Å². The molecule has 0 saturated heterocycles. The first-order valence-corrected chi connectivity index (χ1v) is 9.72. The van der Waals surface area contributed by atoms with Crippen LogP contribution in [0.4, 0.5) is 0 Å². The van der Waals surface area contributed by atoms with E-state index in [4.69, 9.17) is 0 Å². The van der Waals surface area contributed by atoms with Gasteiger partial charge in [0, 0.05) is 45.0 Å². The molecule has 0 fully saturated rings. The van der Waals surface area contributed by atoms with Crippen LogP contribution in [0.25, 0.3) is 0 Å². The first-order chi connectivity index (χ1) is 13.0. The zero-order valence-electron chi connectivity index (χ0n) is 17.6. The van der Waals surface area contributed by atoms with Crippen LogP contribution in [0.1, 0.15) is 41.9 Å². The number of hydrogen-bond donors (Lipinski definition) is 2. The summed E-state index contributed by atoms with van der Waals surface area (Å²) in [5.41, 5.74) is 6.06. The van der Waals surface area contributed by atoms with Crippen LogP contribution in [-0.2, 0) is 26.7 Å². The van der Waals surface area contributed by atoms with E-state index in [9.17, 15) is 0 Å². The molecule has 0 amide bonds. The molecule has 2 rings (SSSR count). The van der Waals surface area contributed by atoms with Gasteiger partial charge in [-0.05, 0) is 38.1 Å². The highest BCUT2D eigenvalue weighted by molar-refractivity contribution is 5.79. The van der Waals surface area contributed by atoms with Crippen LogP contribution < -0.4 is 10.6 Å². The summed E-state index contributed by atoms with van der Waals surface area (Å²) in [5.74, 6) is 0.796. The minimum absolute atomic E-state index is 0.716. The average molecular weight is 371 g/mol. The van der Waals surface area contributed by atoms with Crippen molar-refractivity contribution in [2.75, 3.05) is 20.1 Å². The van der Waals surface area contributed by atoms with Gasteiger partial charge >= 0.3 is 0 Å². The molecular formula is C21H34N6. The number of aromatic nitrogens is 2. The van der Waals surface area contributed by atoms with Gasteiger partial charge in [-0.3, -0.25) is 14.6 Å². The van der Waals surface area contributed by atoms with E-state index in [-0.39, 0.29) is 0 Å². The first kappa shape index (κ1) is 21.0. The maximum atomic E-state index is 4.46. The highest BCUT2D eigenvalue weighted by Crippen LogP contribution is 2.11. The molecular weight excluding hydrogens is 336 g/mol. The van der Waals surface area contributed by atoms with Gasteiger partial charge in [-0.15, -0.1) is 0 Å². The second-order valence-corrected chi connectivity index (χ2v) is 6.83. The van der Waals surface area contributed by atoms with Gasteiger partial charge in [0.1, 0.15) is 0 Å². The minimum Gasteiger partial charge on any atom is -0.352 e. The Morgan fingerprint density at radius 3 is 2.15 bits per heavy atom. The normalized spacial score (nSPS) is 11.9. The Morgan fingerprint density at radius 2 is 1.63 bits per heavy atom. The quantitative estimate of drug-likeness (QED) is 0.554. The third-order valence-corrected chi connectivity index (χ3v) is 5.10. The summed E-state index contributed by atoms with van der Waals surface area (Å²) in [6, 6.07) is 8.81. The first-order valence-electron chi connectivity index (χ1n) is 9.72. The van der Waals surface area contributed by atoms with E-state index in [0.717, 1.165) is 37.8 Å². The molecule has 0 atom stereocenters. The molecule has 2 aromatic rings. The van der Waals surface area contributed by atoms with E-state index in [1.165, 1.54) is 22.4 Å². The molecule has 0 saturated carbocycles. The zero-order chi connectivity index (χ0) is 19.8. The van der Waals surface area contributed by atoms with Gasteiger partial charge in [-0.1, -0.05) is 38.1 Å². The highest BCUT2D eigenvalue weighted by Gasteiger charge is 2.09. The second kappa shape index (κ2) is 10.1. The number of nitrogens with zero attached hydrogens (tertiary/aromatic N) is 4. The average Bonchev–Trinajstić information content (AvgIpc) is 2.92. The molecule has 0 unspecified atom stereocenters. The van der Waals surface area contributed by atoms with Gasteiger partial charge in [-0.2, -0.15) is 5.10 Å². The summed E-state index contributed by atoms with van der Waals surface area (Å²) in [6.07, 6.45) is 0. The lowest BCUT2D eigenvalue weighted by Gasteiger charge is -2.18. The van der Waals surface area contributed by atoms with Crippen molar-refractivity contribution >= 4 is 5.96 Å². The maximum Gasteiger partial charge on any atom is 0.191 e. The molecule has 0 aliphatic heterocycles.